The van der Waals surface area contributed by atoms with Crippen molar-refractivity contribution in [3.8, 4) is 0 Å². The fourth-order valence-electron chi connectivity index (χ4n) is 4.72. The minimum absolute atomic E-state index is 0.433. The van der Waals surface area contributed by atoms with Crippen molar-refractivity contribution in [3.63, 3.8) is 0 Å². The van der Waals surface area contributed by atoms with Gasteiger partial charge in [-0.3, -0.25) is 15.2 Å². The number of nitrogens with zero attached hydrogens (tertiary/aromatic N) is 3. The Balaban J connectivity index is 1.53. The van der Waals surface area contributed by atoms with E-state index >= 15 is 0 Å². The Hall–Kier alpha value is -2.24. The molecule has 0 unspecified atom stereocenters. The van der Waals surface area contributed by atoms with Crippen molar-refractivity contribution >= 4 is 11.0 Å². The second kappa shape index (κ2) is 7.41. The molecule has 0 saturated heterocycles. The third-order valence-electron chi connectivity index (χ3n) is 6.08. The normalized spacial score (nSPS) is 21.6. The van der Waals surface area contributed by atoms with Crippen molar-refractivity contribution in [2.45, 2.75) is 51.4 Å². The maximum absolute atomic E-state index is 4.80. The number of H-pyrrole nitrogens is 1. The fourth-order valence-corrected chi connectivity index (χ4v) is 4.72. The van der Waals surface area contributed by atoms with E-state index < -0.39 is 0 Å². The molecule has 2 aliphatic rings. The standard InChI is InChI=1S/C22H27N5/c1-2-10-19-18(9-1)25-21-15-26(14-4-3-12-23-16-27(19)21)20-11-5-7-17-8-6-13-24-22(17)20/h1-2,6,8-10,13,20,23H,3-5,7,11-12,14-16H2/p+1/t20-/m0/s1. The average molecular weight is 363 g/mol. The summed E-state index contributed by atoms with van der Waals surface area (Å²) >= 11 is 0. The molecule has 27 heavy (non-hydrogen) atoms. The van der Waals surface area contributed by atoms with Gasteiger partial charge in [-0.2, -0.15) is 0 Å². The lowest BCUT2D eigenvalue weighted by Crippen LogP contribution is -2.47. The predicted octanol–water partition coefficient (Wildman–Crippen LogP) is 3.07. The van der Waals surface area contributed by atoms with E-state index in [-0.39, 0.29) is 0 Å². The first-order valence-corrected chi connectivity index (χ1v) is 10.3. The smallest absolute Gasteiger partial charge is 0.270 e. The molecule has 3 aromatic rings. The van der Waals surface area contributed by atoms with Crippen LogP contribution in [0.1, 0.15) is 48.8 Å². The molecule has 5 heteroatoms. The van der Waals surface area contributed by atoms with Crippen LogP contribution < -0.4 is 9.88 Å². The van der Waals surface area contributed by atoms with Crippen LogP contribution >= 0.6 is 0 Å². The minimum Gasteiger partial charge on any atom is -0.284 e. The van der Waals surface area contributed by atoms with Crippen LogP contribution in [0.15, 0.2) is 42.6 Å². The number of imidazole rings is 1. The van der Waals surface area contributed by atoms with Crippen molar-refractivity contribution in [2.24, 2.45) is 0 Å². The summed E-state index contributed by atoms with van der Waals surface area (Å²) in [6.07, 6.45) is 8.05. The van der Waals surface area contributed by atoms with Gasteiger partial charge in [0, 0.05) is 6.20 Å². The summed E-state index contributed by atoms with van der Waals surface area (Å²) in [7, 11) is 0. The Morgan fingerprint density at radius 3 is 3.04 bits per heavy atom. The number of pyridine rings is 1. The van der Waals surface area contributed by atoms with Crippen LogP contribution in [0.3, 0.4) is 0 Å². The molecule has 0 bridgehead atoms. The van der Waals surface area contributed by atoms with Crippen molar-refractivity contribution < 1.29 is 4.57 Å². The van der Waals surface area contributed by atoms with Crippen LogP contribution in [-0.2, 0) is 19.6 Å². The van der Waals surface area contributed by atoms with Crippen molar-refractivity contribution in [3.05, 3.63) is 59.7 Å². The molecule has 1 aliphatic carbocycles. The van der Waals surface area contributed by atoms with Crippen LogP contribution in [0.4, 0.5) is 0 Å². The quantitative estimate of drug-likeness (QED) is 0.654. The van der Waals surface area contributed by atoms with E-state index in [1.807, 2.05) is 6.20 Å². The van der Waals surface area contributed by atoms with E-state index in [9.17, 15) is 0 Å². The number of nitrogens with one attached hydrogen (secondary N) is 2. The van der Waals surface area contributed by atoms with Crippen LogP contribution in [0.5, 0.6) is 0 Å². The molecule has 5 nitrogen and oxygen atoms in total. The molecule has 0 spiro atoms. The van der Waals surface area contributed by atoms with E-state index in [0.29, 0.717) is 6.04 Å². The summed E-state index contributed by atoms with van der Waals surface area (Å²) in [5, 5.41) is 3.61. The van der Waals surface area contributed by atoms with Crippen molar-refractivity contribution in [1.29, 1.82) is 0 Å². The summed E-state index contributed by atoms with van der Waals surface area (Å²) in [6, 6.07) is 13.4. The Labute approximate surface area is 160 Å². The second-order valence-corrected chi connectivity index (χ2v) is 7.81. The van der Waals surface area contributed by atoms with Crippen LogP contribution in [-0.4, -0.2) is 28.0 Å². The Morgan fingerprint density at radius 1 is 1.07 bits per heavy atom. The number of rotatable bonds is 1. The Kier molecular flexibility index (Phi) is 4.64. The first kappa shape index (κ1) is 16.9. The summed E-state index contributed by atoms with van der Waals surface area (Å²) in [5.74, 6) is 1.29. The minimum atomic E-state index is 0.433. The van der Waals surface area contributed by atoms with E-state index in [1.54, 1.807) is 0 Å². The maximum atomic E-state index is 4.80. The number of hydrogen-bond donors (Lipinski definition) is 2. The molecule has 0 radical (unpaired) electrons. The highest BCUT2D eigenvalue weighted by Crippen LogP contribution is 2.33. The lowest BCUT2D eigenvalue weighted by Gasteiger charge is -2.34. The fraction of sp³-hybridized carbons (Fsp3) is 0.455. The van der Waals surface area contributed by atoms with Gasteiger partial charge in [0.1, 0.15) is 13.2 Å². The first-order chi connectivity index (χ1) is 13.4. The van der Waals surface area contributed by atoms with Gasteiger partial charge in [0.25, 0.3) is 5.82 Å². The lowest BCUT2D eigenvalue weighted by molar-refractivity contribution is -0.684. The second-order valence-electron chi connectivity index (χ2n) is 7.81. The van der Waals surface area contributed by atoms with Gasteiger partial charge in [-0.15, -0.1) is 0 Å². The molecule has 1 aliphatic heterocycles. The molecule has 5 rings (SSSR count). The summed E-state index contributed by atoms with van der Waals surface area (Å²) in [5.41, 5.74) is 5.25. The predicted molar refractivity (Wildman–Crippen MR) is 106 cm³/mol. The number of aromatic amines is 1. The number of aryl methyl sites for hydroxylation is 1. The SMILES string of the molecule is c1cnc2c(c1)CCC[C@@H]2N1CCCCNC[n+]2c([nH]c3ccccc32)C1. The summed E-state index contributed by atoms with van der Waals surface area (Å²) < 4.78 is 2.41. The van der Waals surface area contributed by atoms with Gasteiger partial charge < -0.3 is 0 Å². The number of para-hydroxylation sites is 2. The van der Waals surface area contributed by atoms with Crippen molar-refractivity contribution in [2.75, 3.05) is 13.1 Å². The highest BCUT2D eigenvalue weighted by atomic mass is 15.2. The molecular formula is C22H28N5+. The highest BCUT2D eigenvalue weighted by molar-refractivity contribution is 5.71. The number of aromatic nitrogens is 3. The van der Waals surface area contributed by atoms with E-state index in [2.05, 4.69) is 56.2 Å². The largest absolute Gasteiger partial charge is 0.284 e. The lowest BCUT2D eigenvalue weighted by atomic mass is 9.90. The molecule has 2 N–H and O–H groups in total. The molecule has 1 aromatic carbocycles. The topological polar surface area (TPSA) is 47.8 Å². The molecule has 0 saturated carbocycles. The van der Waals surface area contributed by atoms with Gasteiger partial charge in [-0.05, 0) is 69.0 Å². The van der Waals surface area contributed by atoms with Gasteiger partial charge in [0.15, 0.2) is 11.0 Å². The first-order valence-electron chi connectivity index (χ1n) is 10.3. The molecular weight excluding hydrogens is 334 g/mol. The van der Waals surface area contributed by atoms with E-state index in [0.717, 1.165) is 26.3 Å². The zero-order valence-electron chi connectivity index (χ0n) is 15.8. The molecule has 0 amide bonds. The molecule has 1 atom stereocenters. The number of fused-ring (bicyclic) bond motifs is 4. The summed E-state index contributed by atoms with van der Waals surface area (Å²) in [6.45, 7) is 4.00. The third-order valence-corrected chi connectivity index (χ3v) is 6.08. The van der Waals surface area contributed by atoms with Gasteiger partial charge in [-0.1, -0.05) is 18.2 Å². The van der Waals surface area contributed by atoms with Gasteiger partial charge >= 0.3 is 0 Å². The van der Waals surface area contributed by atoms with Gasteiger partial charge in [0.2, 0.25) is 0 Å². The van der Waals surface area contributed by atoms with Crippen LogP contribution in [0, 0.1) is 0 Å². The molecule has 140 valence electrons. The zero-order chi connectivity index (χ0) is 18.1. The Morgan fingerprint density at radius 2 is 2.04 bits per heavy atom. The summed E-state index contributed by atoms with van der Waals surface area (Å²) in [4.78, 5) is 11.1. The van der Waals surface area contributed by atoms with Crippen LogP contribution in [0.25, 0.3) is 11.0 Å². The average Bonchev–Trinajstić information content (AvgIpc) is 3.07. The van der Waals surface area contributed by atoms with E-state index in [1.165, 1.54) is 60.2 Å². The molecule has 3 heterocycles. The number of benzene rings is 1. The maximum Gasteiger partial charge on any atom is 0.270 e. The van der Waals surface area contributed by atoms with Crippen LogP contribution in [0.2, 0.25) is 0 Å². The molecule has 0 fully saturated rings. The Bertz CT molecular complexity index is 931. The number of hydrogen-bond acceptors (Lipinski definition) is 3. The monoisotopic (exact) mass is 362 g/mol. The highest BCUT2D eigenvalue weighted by Gasteiger charge is 2.30. The molecule has 2 aromatic heterocycles. The van der Waals surface area contributed by atoms with Gasteiger partial charge in [-0.25, -0.2) is 9.55 Å². The van der Waals surface area contributed by atoms with Gasteiger partial charge in [0.05, 0.1) is 11.7 Å². The van der Waals surface area contributed by atoms with Crippen molar-refractivity contribution in [1.82, 2.24) is 20.2 Å². The third kappa shape index (κ3) is 3.26. The van der Waals surface area contributed by atoms with E-state index in [4.69, 9.17) is 4.98 Å². The zero-order valence-corrected chi connectivity index (χ0v) is 15.8.